The van der Waals surface area contributed by atoms with Crippen molar-refractivity contribution in [2.75, 3.05) is 19.7 Å². The second kappa shape index (κ2) is 9.66. The first-order valence-corrected chi connectivity index (χ1v) is 12.4. The van der Waals surface area contributed by atoms with Gasteiger partial charge in [0.2, 0.25) is 0 Å². The highest BCUT2D eigenvalue weighted by molar-refractivity contribution is 5.79. The van der Waals surface area contributed by atoms with Crippen LogP contribution in [0.25, 0.3) is 10.9 Å². The molecule has 1 aliphatic heterocycles. The van der Waals surface area contributed by atoms with Gasteiger partial charge in [0.1, 0.15) is 6.04 Å². The van der Waals surface area contributed by atoms with Gasteiger partial charge in [-0.2, -0.15) is 0 Å². The Morgan fingerprint density at radius 1 is 1.18 bits per heavy atom. The number of pyridine rings is 1. The summed E-state index contributed by atoms with van der Waals surface area (Å²) in [5.74, 6) is 0.465. The van der Waals surface area contributed by atoms with Gasteiger partial charge in [-0.15, -0.1) is 5.10 Å². The number of ether oxygens (including phenoxy) is 1. The third-order valence-corrected chi connectivity index (χ3v) is 7.27. The molecule has 2 fully saturated rings. The van der Waals surface area contributed by atoms with E-state index in [-0.39, 0.29) is 29.5 Å². The van der Waals surface area contributed by atoms with Crippen molar-refractivity contribution < 1.29 is 9.53 Å². The number of tetrazole rings is 1. The van der Waals surface area contributed by atoms with Gasteiger partial charge in [-0.3, -0.25) is 14.5 Å². The molecule has 1 saturated carbocycles. The molecule has 0 spiro atoms. The summed E-state index contributed by atoms with van der Waals surface area (Å²) < 4.78 is 7.19. The Bertz CT molecular complexity index is 1220. The van der Waals surface area contributed by atoms with Gasteiger partial charge < -0.3 is 9.72 Å². The van der Waals surface area contributed by atoms with E-state index in [0.29, 0.717) is 43.9 Å². The van der Waals surface area contributed by atoms with E-state index >= 15 is 0 Å². The summed E-state index contributed by atoms with van der Waals surface area (Å²) in [5, 5.41) is 13.8. The number of H-pyrrole nitrogens is 1. The van der Waals surface area contributed by atoms with Crippen LogP contribution in [0.2, 0.25) is 0 Å². The van der Waals surface area contributed by atoms with Crippen molar-refractivity contribution in [3.63, 3.8) is 0 Å². The molecule has 3 heterocycles. The molecule has 0 radical (unpaired) electrons. The number of fused-ring (bicyclic) bond motifs is 1. The van der Waals surface area contributed by atoms with E-state index in [1.54, 1.807) is 0 Å². The summed E-state index contributed by atoms with van der Waals surface area (Å²) >= 11 is 0. The number of esters is 1. The molecule has 1 aromatic carbocycles. The zero-order valence-corrected chi connectivity index (χ0v) is 19.9. The van der Waals surface area contributed by atoms with E-state index in [1.165, 1.54) is 0 Å². The van der Waals surface area contributed by atoms with Gasteiger partial charge in [0.05, 0.1) is 18.6 Å². The van der Waals surface area contributed by atoms with E-state index in [2.05, 4.69) is 31.5 Å². The normalized spacial score (nSPS) is 19.0. The summed E-state index contributed by atoms with van der Waals surface area (Å²) in [6.07, 6.45) is 5.78. The van der Waals surface area contributed by atoms with E-state index in [9.17, 15) is 9.59 Å². The number of aromatic nitrogens is 5. The van der Waals surface area contributed by atoms with Crippen LogP contribution in [0.3, 0.4) is 0 Å². The maximum absolute atomic E-state index is 13.4. The monoisotopic (exact) mass is 464 g/mol. The molecule has 1 aliphatic carbocycles. The number of aromatic amines is 1. The van der Waals surface area contributed by atoms with Gasteiger partial charge in [-0.25, -0.2) is 4.68 Å². The van der Waals surface area contributed by atoms with Crippen molar-refractivity contribution in [1.82, 2.24) is 30.1 Å². The zero-order valence-electron chi connectivity index (χ0n) is 19.9. The summed E-state index contributed by atoms with van der Waals surface area (Å²) in [6, 6.07) is 7.88. The molecule has 34 heavy (non-hydrogen) atoms. The van der Waals surface area contributed by atoms with Crippen LogP contribution in [0, 0.1) is 12.8 Å². The number of benzene rings is 1. The van der Waals surface area contributed by atoms with Crippen LogP contribution >= 0.6 is 0 Å². The molecule has 1 N–H and O–H groups in total. The van der Waals surface area contributed by atoms with Crippen LogP contribution in [0.1, 0.15) is 74.5 Å². The van der Waals surface area contributed by atoms with E-state index in [1.807, 2.05) is 36.7 Å². The maximum Gasteiger partial charge on any atom is 0.309 e. The first-order chi connectivity index (χ1) is 16.5. The van der Waals surface area contributed by atoms with Gasteiger partial charge in [0.15, 0.2) is 5.82 Å². The molecule has 180 valence electrons. The molecule has 5 rings (SSSR count). The van der Waals surface area contributed by atoms with Crippen molar-refractivity contribution in [3.05, 3.63) is 51.6 Å². The number of carbonyl (C=O) groups is 1. The van der Waals surface area contributed by atoms with Crippen LogP contribution in [0.15, 0.2) is 29.1 Å². The van der Waals surface area contributed by atoms with Crippen LogP contribution in [-0.2, 0) is 9.53 Å². The summed E-state index contributed by atoms with van der Waals surface area (Å²) in [4.78, 5) is 31.0. The number of piperidine rings is 1. The lowest BCUT2D eigenvalue weighted by Gasteiger charge is -2.36. The molecule has 0 amide bonds. The minimum Gasteiger partial charge on any atom is -0.466 e. The van der Waals surface area contributed by atoms with Crippen LogP contribution < -0.4 is 5.56 Å². The Kier molecular flexibility index (Phi) is 6.45. The Labute approximate surface area is 198 Å². The van der Waals surface area contributed by atoms with Crippen molar-refractivity contribution in [3.8, 4) is 0 Å². The Hall–Kier alpha value is -3.07. The minimum absolute atomic E-state index is 0.111. The molecule has 1 saturated heterocycles. The zero-order chi connectivity index (χ0) is 23.7. The van der Waals surface area contributed by atoms with E-state index in [4.69, 9.17) is 4.74 Å². The van der Waals surface area contributed by atoms with Crippen LogP contribution in [-0.4, -0.2) is 55.8 Å². The molecule has 1 atom stereocenters. The molecular weight excluding hydrogens is 432 g/mol. The van der Waals surface area contributed by atoms with Gasteiger partial charge in [0, 0.05) is 24.2 Å². The number of nitrogens with zero attached hydrogens (tertiary/aromatic N) is 5. The fourth-order valence-corrected chi connectivity index (χ4v) is 5.49. The fraction of sp³-hybridized carbons (Fsp3) is 0.560. The number of carbonyl (C=O) groups excluding carboxylic acids is 1. The van der Waals surface area contributed by atoms with Crippen LogP contribution in [0.4, 0.5) is 0 Å². The van der Waals surface area contributed by atoms with Crippen LogP contribution in [0.5, 0.6) is 0 Å². The molecular formula is C25H32N6O3. The number of aryl methyl sites for hydroxylation is 1. The first-order valence-electron chi connectivity index (χ1n) is 12.4. The minimum atomic E-state index is -0.382. The Morgan fingerprint density at radius 2 is 1.94 bits per heavy atom. The molecule has 2 aromatic heterocycles. The smallest absolute Gasteiger partial charge is 0.309 e. The molecule has 3 aromatic rings. The number of nitrogens with one attached hydrogen (secondary N) is 1. The fourth-order valence-electron chi connectivity index (χ4n) is 5.49. The topological polar surface area (TPSA) is 106 Å². The Balaban J connectivity index is 1.55. The lowest BCUT2D eigenvalue weighted by Crippen LogP contribution is -2.42. The second-order valence-corrected chi connectivity index (χ2v) is 9.53. The van der Waals surface area contributed by atoms with Gasteiger partial charge in [-0.05, 0) is 73.5 Å². The molecule has 0 bridgehead atoms. The lowest BCUT2D eigenvalue weighted by atomic mass is 9.93. The third-order valence-electron chi connectivity index (χ3n) is 7.27. The highest BCUT2D eigenvalue weighted by Gasteiger charge is 2.36. The standard InChI is InChI=1S/C25H32N6O3/c1-3-34-25(33)17-10-12-30(13-11-17)22(23-27-28-29-31(23)19-6-4-5-7-19)20-15-18-14-16(2)8-9-21(18)26-24(20)32/h8-9,14-15,17,19,22H,3-7,10-13H2,1-2H3,(H,26,32)/t22-/m1/s1. The number of rotatable bonds is 6. The van der Waals surface area contributed by atoms with Crippen molar-refractivity contribution >= 4 is 16.9 Å². The molecule has 9 heteroatoms. The highest BCUT2D eigenvalue weighted by Crippen LogP contribution is 2.35. The average Bonchev–Trinajstić information content (AvgIpc) is 3.53. The molecule has 9 nitrogen and oxygen atoms in total. The van der Waals surface area contributed by atoms with Crippen molar-refractivity contribution in [2.24, 2.45) is 5.92 Å². The largest absolute Gasteiger partial charge is 0.466 e. The summed E-state index contributed by atoms with van der Waals surface area (Å²) in [6.45, 7) is 5.60. The number of hydrogen-bond donors (Lipinski definition) is 1. The second-order valence-electron chi connectivity index (χ2n) is 9.53. The van der Waals surface area contributed by atoms with Gasteiger partial charge in [0.25, 0.3) is 5.56 Å². The predicted octanol–water partition coefficient (Wildman–Crippen LogP) is 3.30. The summed E-state index contributed by atoms with van der Waals surface area (Å²) in [5.41, 5.74) is 2.46. The van der Waals surface area contributed by atoms with E-state index < -0.39 is 0 Å². The Morgan fingerprint density at radius 3 is 2.68 bits per heavy atom. The lowest BCUT2D eigenvalue weighted by molar-refractivity contribution is -0.149. The van der Waals surface area contributed by atoms with Crippen molar-refractivity contribution in [1.29, 1.82) is 0 Å². The quantitative estimate of drug-likeness (QED) is 0.558. The molecule has 2 aliphatic rings. The summed E-state index contributed by atoms with van der Waals surface area (Å²) in [7, 11) is 0. The average molecular weight is 465 g/mol. The SMILES string of the molecule is CCOC(=O)C1CCN([C@H](c2cc3cc(C)ccc3[nH]c2=O)c2nnnn2C2CCCC2)CC1. The number of likely N-dealkylation sites (tertiary alicyclic amines) is 1. The van der Waals surface area contributed by atoms with Gasteiger partial charge in [-0.1, -0.05) is 24.5 Å². The first kappa shape index (κ1) is 22.7. The third kappa shape index (κ3) is 4.36. The predicted molar refractivity (Wildman–Crippen MR) is 127 cm³/mol. The van der Waals surface area contributed by atoms with Gasteiger partial charge >= 0.3 is 5.97 Å². The van der Waals surface area contributed by atoms with E-state index in [0.717, 1.165) is 42.1 Å². The maximum atomic E-state index is 13.4. The van der Waals surface area contributed by atoms with Crippen molar-refractivity contribution in [2.45, 2.75) is 64.5 Å². The molecule has 0 unspecified atom stereocenters. The number of hydrogen-bond acceptors (Lipinski definition) is 7. The highest BCUT2D eigenvalue weighted by atomic mass is 16.5.